The molecule has 1 saturated heterocycles. The third-order valence-electron chi connectivity index (χ3n) is 4.20. The second-order valence-electron chi connectivity index (χ2n) is 6.28. The summed E-state index contributed by atoms with van der Waals surface area (Å²) >= 11 is 5.85. The molecule has 0 saturated carbocycles. The second-order valence-corrected chi connectivity index (χ2v) is 6.71. The van der Waals surface area contributed by atoms with Crippen LogP contribution < -0.4 is 10.6 Å². The van der Waals surface area contributed by atoms with Crippen LogP contribution in [0.4, 0.5) is 5.69 Å². The van der Waals surface area contributed by atoms with Gasteiger partial charge in [-0.05, 0) is 48.7 Å². The van der Waals surface area contributed by atoms with E-state index in [1.165, 1.54) is 0 Å². The van der Waals surface area contributed by atoms with E-state index in [1.54, 1.807) is 36.4 Å². The molecule has 1 atom stereocenters. The van der Waals surface area contributed by atoms with Gasteiger partial charge >= 0.3 is 0 Å². The van der Waals surface area contributed by atoms with Gasteiger partial charge in [0, 0.05) is 29.4 Å². The van der Waals surface area contributed by atoms with Gasteiger partial charge in [-0.2, -0.15) is 0 Å². The van der Waals surface area contributed by atoms with Gasteiger partial charge in [0.2, 0.25) is 5.91 Å². The number of nitrogens with one attached hydrogen (secondary N) is 2. The SMILES string of the molecule is O=C(Cc1ccc(Cl)cc1)Nc1cccc(C(=O)NC[C@@H]2CCCO2)c1. The van der Waals surface area contributed by atoms with Gasteiger partial charge in [-0.15, -0.1) is 0 Å². The molecule has 1 fully saturated rings. The van der Waals surface area contributed by atoms with Gasteiger partial charge in [-0.3, -0.25) is 9.59 Å². The monoisotopic (exact) mass is 372 g/mol. The van der Waals surface area contributed by atoms with E-state index in [-0.39, 0.29) is 24.3 Å². The summed E-state index contributed by atoms with van der Waals surface area (Å²) < 4.78 is 5.50. The largest absolute Gasteiger partial charge is 0.376 e. The molecule has 26 heavy (non-hydrogen) atoms. The molecule has 0 aromatic heterocycles. The van der Waals surface area contributed by atoms with Crippen LogP contribution in [0.25, 0.3) is 0 Å². The zero-order valence-electron chi connectivity index (χ0n) is 14.3. The number of hydrogen-bond acceptors (Lipinski definition) is 3. The molecule has 0 unspecified atom stereocenters. The van der Waals surface area contributed by atoms with Crippen molar-refractivity contribution in [2.75, 3.05) is 18.5 Å². The van der Waals surface area contributed by atoms with Crippen LogP contribution in [0.5, 0.6) is 0 Å². The van der Waals surface area contributed by atoms with E-state index < -0.39 is 0 Å². The van der Waals surface area contributed by atoms with E-state index in [4.69, 9.17) is 16.3 Å². The minimum atomic E-state index is -0.172. The summed E-state index contributed by atoms with van der Waals surface area (Å²) in [6.07, 6.45) is 2.35. The fourth-order valence-electron chi connectivity index (χ4n) is 2.84. The lowest BCUT2D eigenvalue weighted by Crippen LogP contribution is -2.31. The number of ether oxygens (including phenoxy) is 1. The summed E-state index contributed by atoms with van der Waals surface area (Å²) in [6, 6.07) is 14.0. The maximum absolute atomic E-state index is 12.3. The molecule has 1 aliphatic heterocycles. The van der Waals surface area contributed by atoms with Gasteiger partial charge in [0.1, 0.15) is 0 Å². The smallest absolute Gasteiger partial charge is 0.251 e. The normalized spacial score (nSPS) is 16.3. The summed E-state index contributed by atoms with van der Waals surface area (Å²) in [5, 5.41) is 6.33. The van der Waals surface area contributed by atoms with Gasteiger partial charge in [-0.25, -0.2) is 0 Å². The molecule has 0 spiro atoms. The molecule has 0 bridgehead atoms. The summed E-state index contributed by atoms with van der Waals surface area (Å²) in [7, 11) is 0. The third kappa shape index (κ3) is 5.31. The van der Waals surface area contributed by atoms with Crippen LogP contribution >= 0.6 is 11.6 Å². The first-order chi connectivity index (χ1) is 12.6. The minimum absolute atomic E-state index is 0.0983. The van der Waals surface area contributed by atoms with Crippen molar-refractivity contribution in [3.05, 3.63) is 64.7 Å². The van der Waals surface area contributed by atoms with Gasteiger partial charge in [0.15, 0.2) is 0 Å². The first kappa shape index (κ1) is 18.4. The van der Waals surface area contributed by atoms with Crippen molar-refractivity contribution in [2.24, 2.45) is 0 Å². The summed E-state index contributed by atoms with van der Waals surface area (Å²) in [6.45, 7) is 1.27. The van der Waals surface area contributed by atoms with Gasteiger partial charge in [-0.1, -0.05) is 29.8 Å². The van der Waals surface area contributed by atoms with Crippen LogP contribution in [-0.2, 0) is 16.0 Å². The lowest BCUT2D eigenvalue weighted by atomic mass is 10.1. The van der Waals surface area contributed by atoms with Gasteiger partial charge < -0.3 is 15.4 Å². The van der Waals surface area contributed by atoms with Crippen LogP contribution in [0.3, 0.4) is 0 Å². The first-order valence-electron chi connectivity index (χ1n) is 8.64. The van der Waals surface area contributed by atoms with Gasteiger partial charge in [0.25, 0.3) is 5.91 Å². The molecule has 5 nitrogen and oxygen atoms in total. The molecule has 3 rings (SSSR count). The molecule has 2 N–H and O–H groups in total. The van der Waals surface area contributed by atoms with Crippen molar-refractivity contribution in [1.82, 2.24) is 5.32 Å². The molecule has 1 heterocycles. The number of anilines is 1. The number of carbonyl (C=O) groups is 2. The zero-order valence-corrected chi connectivity index (χ0v) is 15.1. The lowest BCUT2D eigenvalue weighted by molar-refractivity contribution is -0.115. The maximum atomic E-state index is 12.3. The Morgan fingerprint density at radius 1 is 1.15 bits per heavy atom. The van der Waals surface area contributed by atoms with Crippen LogP contribution in [0.15, 0.2) is 48.5 Å². The van der Waals surface area contributed by atoms with Crippen LogP contribution in [0, 0.1) is 0 Å². The van der Waals surface area contributed by atoms with Crippen LogP contribution in [-0.4, -0.2) is 31.1 Å². The molecular formula is C20H21ClN2O3. The van der Waals surface area contributed by atoms with Crippen molar-refractivity contribution >= 4 is 29.1 Å². The predicted octanol–water partition coefficient (Wildman–Crippen LogP) is 3.43. The number of rotatable bonds is 6. The lowest BCUT2D eigenvalue weighted by Gasteiger charge is -2.11. The molecule has 1 aliphatic rings. The van der Waals surface area contributed by atoms with E-state index in [9.17, 15) is 9.59 Å². The van der Waals surface area contributed by atoms with E-state index >= 15 is 0 Å². The summed E-state index contributed by atoms with van der Waals surface area (Å²) in [5.41, 5.74) is 1.97. The highest BCUT2D eigenvalue weighted by atomic mass is 35.5. The topological polar surface area (TPSA) is 67.4 Å². The Morgan fingerprint density at radius 3 is 2.69 bits per heavy atom. The molecule has 0 aliphatic carbocycles. The molecule has 6 heteroatoms. The Balaban J connectivity index is 1.55. The van der Waals surface area contributed by atoms with E-state index in [2.05, 4.69) is 10.6 Å². The van der Waals surface area contributed by atoms with Crippen molar-refractivity contribution in [3.63, 3.8) is 0 Å². The fraction of sp³-hybridized carbons (Fsp3) is 0.300. The van der Waals surface area contributed by atoms with E-state index in [1.807, 2.05) is 12.1 Å². The number of amides is 2. The number of carbonyl (C=O) groups excluding carboxylic acids is 2. The molecule has 136 valence electrons. The van der Waals surface area contributed by atoms with E-state index in [0.717, 1.165) is 25.0 Å². The minimum Gasteiger partial charge on any atom is -0.376 e. The molecule has 2 amide bonds. The number of halogens is 1. The van der Waals surface area contributed by atoms with Crippen LogP contribution in [0.1, 0.15) is 28.8 Å². The Labute approximate surface area is 157 Å². The highest BCUT2D eigenvalue weighted by molar-refractivity contribution is 6.30. The predicted molar refractivity (Wildman–Crippen MR) is 102 cm³/mol. The third-order valence-corrected chi connectivity index (χ3v) is 4.45. The Kier molecular flexibility index (Phi) is 6.26. The number of hydrogen-bond donors (Lipinski definition) is 2. The summed E-state index contributed by atoms with van der Waals surface area (Å²) in [4.78, 5) is 24.5. The van der Waals surface area contributed by atoms with Gasteiger partial charge in [0.05, 0.1) is 12.5 Å². The average molecular weight is 373 g/mol. The standard InChI is InChI=1S/C20H21ClN2O3/c21-16-8-6-14(7-9-16)11-19(24)23-17-4-1-3-15(12-17)20(25)22-13-18-5-2-10-26-18/h1,3-4,6-9,12,18H,2,5,10-11,13H2,(H,22,25)(H,23,24)/t18-/m0/s1. The van der Waals surface area contributed by atoms with Crippen molar-refractivity contribution < 1.29 is 14.3 Å². The second kappa shape index (κ2) is 8.83. The molecule has 2 aromatic rings. The maximum Gasteiger partial charge on any atom is 0.251 e. The van der Waals surface area contributed by atoms with Crippen molar-refractivity contribution in [2.45, 2.75) is 25.4 Å². The Bertz CT molecular complexity index is 771. The number of benzene rings is 2. The molecule has 0 radical (unpaired) electrons. The summed E-state index contributed by atoms with van der Waals surface area (Å²) in [5.74, 6) is -0.321. The first-order valence-corrected chi connectivity index (χ1v) is 9.02. The van der Waals surface area contributed by atoms with Crippen LogP contribution in [0.2, 0.25) is 5.02 Å². The molecular weight excluding hydrogens is 352 g/mol. The molecule has 2 aromatic carbocycles. The van der Waals surface area contributed by atoms with Crippen molar-refractivity contribution in [1.29, 1.82) is 0 Å². The fourth-order valence-corrected chi connectivity index (χ4v) is 2.97. The highest BCUT2D eigenvalue weighted by Crippen LogP contribution is 2.14. The average Bonchev–Trinajstić information content (AvgIpc) is 3.15. The Morgan fingerprint density at radius 2 is 1.96 bits per heavy atom. The highest BCUT2D eigenvalue weighted by Gasteiger charge is 2.17. The quantitative estimate of drug-likeness (QED) is 0.816. The zero-order chi connectivity index (χ0) is 18.4. The Hall–Kier alpha value is -2.37. The van der Waals surface area contributed by atoms with Crippen molar-refractivity contribution in [3.8, 4) is 0 Å². The van der Waals surface area contributed by atoms with E-state index in [0.29, 0.717) is 22.8 Å².